The fourth-order valence-corrected chi connectivity index (χ4v) is 6.52. The van der Waals surface area contributed by atoms with E-state index < -0.39 is 42.6 Å². The van der Waals surface area contributed by atoms with Crippen LogP contribution in [0.25, 0.3) is 11.2 Å². The van der Waals surface area contributed by atoms with Gasteiger partial charge in [-0.2, -0.15) is 4.98 Å². The van der Waals surface area contributed by atoms with E-state index in [0.717, 1.165) is 23.5 Å². The van der Waals surface area contributed by atoms with E-state index in [2.05, 4.69) is 15.0 Å². The first-order valence-corrected chi connectivity index (χ1v) is 16.4. The maximum absolute atomic E-state index is 13.4. The number of nitrogens with zero attached hydrogens (tertiary/aromatic N) is 3. The van der Waals surface area contributed by atoms with Crippen molar-refractivity contribution in [3.05, 3.63) is 16.7 Å². The molecule has 2 aromatic rings. The molecular formula is C24H38N5O9PS2. The number of nitrogens with one attached hydrogen (secondary N) is 1. The average molecular weight is 636 g/mol. The van der Waals surface area contributed by atoms with E-state index in [1.807, 2.05) is 0 Å². The van der Waals surface area contributed by atoms with Crippen LogP contribution in [-0.2, 0) is 32.5 Å². The topological polar surface area (TPSA) is 198 Å². The molecular weight excluding hydrogens is 597 g/mol. The second kappa shape index (κ2) is 13.7. The van der Waals surface area contributed by atoms with Gasteiger partial charge in [0.15, 0.2) is 27.6 Å². The number of phosphoric ester groups is 1. The van der Waals surface area contributed by atoms with E-state index in [1.54, 1.807) is 41.5 Å². The van der Waals surface area contributed by atoms with Gasteiger partial charge in [0.25, 0.3) is 5.56 Å². The van der Waals surface area contributed by atoms with Gasteiger partial charge in [0.05, 0.1) is 32.3 Å². The Hall–Kier alpha value is -1.78. The minimum absolute atomic E-state index is 0.0339. The molecule has 1 aliphatic heterocycles. The van der Waals surface area contributed by atoms with Gasteiger partial charge >= 0.3 is 7.82 Å². The molecule has 0 spiro atoms. The molecule has 0 aromatic carbocycles. The third-order valence-electron chi connectivity index (χ3n) is 5.67. The molecule has 2 aromatic heterocycles. The first-order valence-electron chi connectivity index (χ1n) is 12.9. The SMILES string of the molecule is CC(C)(C)C(=O)SCCOP(=O)(OCCSC(=O)C(C)(C)C)OCC1CC(O)C(n2cnc3c(=O)[nH]c(N)nc32)O1. The second-order valence-corrected chi connectivity index (χ2v) is 15.2. The average Bonchev–Trinajstić information content (AvgIpc) is 3.44. The number of nitrogen functional groups attached to an aromatic ring is 1. The molecule has 0 radical (unpaired) electrons. The number of H-pyrrole nitrogens is 1. The predicted octanol–water partition coefficient (Wildman–Crippen LogP) is 3.12. The number of anilines is 1. The third kappa shape index (κ3) is 9.35. The lowest BCUT2D eigenvalue weighted by atomic mass is 9.99. The van der Waals surface area contributed by atoms with Crippen molar-refractivity contribution < 1.29 is 37.6 Å². The molecule has 0 aliphatic carbocycles. The molecule has 0 amide bonds. The van der Waals surface area contributed by atoms with Gasteiger partial charge < -0.3 is 15.6 Å². The number of nitrogens with two attached hydrogens (primary N) is 1. The molecule has 0 saturated carbocycles. The maximum atomic E-state index is 13.4. The third-order valence-corrected chi connectivity index (χ3v) is 9.62. The van der Waals surface area contributed by atoms with Gasteiger partial charge in [-0.15, -0.1) is 0 Å². The van der Waals surface area contributed by atoms with Crippen molar-refractivity contribution in [3.63, 3.8) is 0 Å². The first-order chi connectivity index (χ1) is 19.0. The van der Waals surface area contributed by atoms with Crippen LogP contribution in [-0.4, -0.2) is 78.4 Å². The van der Waals surface area contributed by atoms with Crippen LogP contribution in [0.1, 0.15) is 54.2 Å². The number of ether oxygens (including phenoxy) is 1. The van der Waals surface area contributed by atoms with Gasteiger partial charge in [-0.25, -0.2) is 9.55 Å². The van der Waals surface area contributed by atoms with Crippen LogP contribution >= 0.6 is 31.3 Å². The Balaban J connectivity index is 1.62. The monoisotopic (exact) mass is 635 g/mol. The largest absolute Gasteiger partial charge is 0.474 e. The molecule has 230 valence electrons. The summed E-state index contributed by atoms with van der Waals surface area (Å²) in [5.74, 6) is 0.346. The zero-order valence-corrected chi connectivity index (χ0v) is 26.5. The zero-order chi connectivity index (χ0) is 30.6. The Morgan fingerprint density at radius 1 is 1.12 bits per heavy atom. The van der Waals surface area contributed by atoms with Crippen molar-refractivity contribution in [2.45, 2.75) is 66.4 Å². The van der Waals surface area contributed by atoms with Crippen LogP contribution in [0.4, 0.5) is 5.95 Å². The van der Waals surface area contributed by atoms with Crippen LogP contribution in [0.3, 0.4) is 0 Å². The molecule has 4 N–H and O–H groups in total. The number of carbonyl (C=O) groups excluding carboxylic acids is 2. The summed E-state index contributed by atoms with van der Waals surface area (Å²) in [6.07, 6.45) is -1.28. The van der Waals surface area contributed by atoms with Crippen LogP contribution in [0.15, 0.2) is 11.1 Å². The molecule has 0 bridgehead atoms. The van der Waals surface area contributed by atoms with Crippen LogP contribution < -0.4 is 11.3 Å². The Morgan fingerprint density at radius 2 is 1.68 bits per heavy atom. The second-order valence-electron chi connectivity index (χ2n) is 11.4. The van der Waals surface area contributed by atoms with Crippen LogP contribution in [0.5, 0.6) is 0 Å². The van der Waals surface area contributed by atoms with Gasteiger partial charge in [-0.05, 0) is 0 Å². The van der Waals surface area contributed by atoms with E-state index >= 15 is 0 Å². The number of aliphatic hydroxyl groups excluding tert-OH is 1. The Morgan fingerprint density at radius 3 is 2.22 bits per heavy atom. The summed E-state index contributed by atoms with van der Waals surface area (Å²) in [6, 6.07) is 0. The molecule has 3 rings (SSSR count). The molecule has 41 heavy (non-hydrogen) atoms. The van der Waals surface area contributed by atoms with Crippen molar-refractivity contribution in [2.24, 2.45) is 10.8 Å². The highest BCUT2D eigenvalue weighted by atomic mass is 32.2. The van der Waals surface area contributed by atoms with Gasteiger partial charge in [0, 0.05) is 28.8 Å². The summed E-state index contributed by atoms with van der Waals surface area (Å²) in [5.41, 5.74) is 4.22. The molecule has 3 heterocycles. The van der Waals surface area contributed by atoms with Gasteiger partial charge in [0.1, 0.15) is 6.10 Å². The summed E-state index contributed by atoms with van der Waals surface area (Å²) < 4.78 is 37.3. The van der Waals surface area contributed by atoms with Crippen molar-refractivity contribution in [3.8, 4) is 0 Å². The molecule has 17 heteroatoms. The first kappa shape index (κ1) is 33.7. The predicted molar refractivity (Wildman–Crippen MR) is 156 cm³/mol. The molecule has 1 saturated heterocycles. The fraction of sp³-hybridized carbons (Fsp3) is 0.708. The van der Waals surface area contributed by atoms with Crippen LogP contribution in [0, 0.1) is 10.8 Å². The van der Waals surface area contributed by atoms with E-state index in [0.29, 0.717) is 0 Å². The number of aromatic amines is 1. The van der Waals surface area contributed by atoms with Crippen molar-refractivity contribution in [1.29, 1.82) is 0 Å². The molecule has 1 fully saturated rings. The number of imidazole rings is 1. The lowest BCUT2D eigenvalue weighted by Gasteiger charge is -2.21. The normalized spacial score (nSPS) is 20.1. The Bertz CT molecular complexity index is 1300. The number of aromatic nitrogens is 4. The number of fused-ring (bicyclic) bond motifs is 1. The number of hydrogen-bond donors (Lipinski definition) is 3. The molecule has 1 aliphatic rings. The Kier molecular flexibility index (Phi) is 11.2. The number of carbonyl (C=O) groups is 2. The minimum atomic E-state index is -4.13. The van der Waals surface area contributed by atoms with Crippen molar-refractivity contribution >= 4 is 58.7 Å². The summed E-state index contributed by atoms with van der Waals surface area (Å²) in [5, 5.41) is 10.6. The number of thioether (sulfide) groups is 2. The number of phosphoric acid groups is 1. The summed E-state index contributed by atoms with van der Waals surface area (Å²) in [4.78, 5) is 46.9. The number of hydrogen-bond acceptors (Lipinski definition) is 14. The minimum Gasteiger partial charge on any atom is -0.388 e. The van der Waals surface area contributed by atoms with Gasteiger partial charge in [-0.3, -0.25) is 37.5 Å². The summed E-state index contributed by atoms with van der Waals surface area (Å²) >= 11 is 2.11. The van der Waals surface area contributed by atoms with E-state index in [1.165, 1.54) is 10.9 Å². The Labute approximate surface area is 246 Å². The lowest BCUT2D eigenvalue weighted by molar-refractivity contribution is -0.118. The summed E-state index contributed by atoms with van der Waals surface area (Å²) in [7, 11) is -4.13. The number of aliphatic hydroxyl groups is 1. The van der Waals surface area contributed by atoms with Crippen molar-refractivity contribution in [1.82, 2.24) is 19.5 Å². The van der Waals surface area contributed by atoms with E-state index in [9.17, 15) is 24.1 Å². The van der Waals surface area contributed by atoms with Gasteiger partial charge in [0.2, 0.25) is 5.95 Å². The highest BCUT2D eigenvalue weighted by molar-refractivity contribution is 8.14. The molecule has 14 nitrogen and oxygen atoms in total. The highest BCUT2D eigenvalue weighted by Gasteiger charge is 2.39. The van der Waals surface area contributed by atoms with E-state index in [4.69, 9.17) is 24.0 Å². The highest BCUT2D eigenvalue weighted by Crippen LogP contribution is 2.50. The fourth-order valence-electron chi connectivity index (χ4n) is 3.50. The zero-order valence-electron chi connectivity index (χ0n) is 23.9. The number of rotatable bonds is 12. The van der Waals surface area contributed by atoms with Crippen molar-refractivity contribution in [2.75, 3.05) is 37.1 Å². The van der Waals surface area contributed by atoms with Crippen LogP contribution in [0.2, 0.25) is 0 Å². The summed E-state index contributed by atoms with van der Waals surface area (Å²) in [6.45, 7) is 10.4. The lowest BCUT2D eigenvalue weighted by Crippen LogP contribution is -2.20. The van der Waals surface area contributed by atoms with Gasteiger partial charge in [-0.1, -0.05) is 65.1 Å². The molecule has 3 unspecified atom stereocenters. The maximum Gasteiger partial charge on any atom is 0.474 e. The quantitative estimate of drug-likeness (QED) is 0.227. The smallest absolute Gasteiger partial charge is 0.388 e. The van der Waals surface area contributed by atoms with E-state index in [-0.39, 0.29) is 65.1 Å². The standard InChI is InChI=1S/C24H38N5O9PS2/c1-23(2,3)20(32)40-9-7-35-39(34,36-8-10-41-21(33)24(4,5)6)37-12-14-11-15(30)19(38-14)29-13-26-16-17(29)27-22(25)28-18(16)31/h13-15,19,30H,7-12H2,1-6H3,(H3,25,27,28,31). The molecule has 3 atom stereocenters.